The van der Waals surface area contributed by atoms with Gasteiger partial charge in [0.15, 0.2) is 0 Å². The molecule has 0 heterocycles. The highest BCUT2D eigenvalue weighted by Gasteiger charge is 2.14. The van der Waals surface area contributed by atoms with Gasteiger partial charge in [-0.3, -0.25) is 4.79 Å². The van der Waals surface area contributed by atoms with Gasteiger partial charge >= 0.3 is 0 Å². The fourth-order valence-electron chi connectivity index (χ4n) is 2.21. The minimum atomic E-state index is -0.308. The van der Waals surface area contributed by atoms with Crippen molar-refractivity contribution in [1.82, 2.24) is 10.2 Å². The molecule has 5 heteroatoms. The zero-order chi connectivity index (χ0) is 15.7. The van der Waals surface area contributed by atoms with E-state index < -0.39 is 0 Å². The number of nitriles is 1. The first kappa shape index (κ1) is 17.0. The topological polar surface area (TPSA) is 56.1 Å². The van der Waals surface area contributed by atoms with Crippen LogP contribution in [0.2, 0.25) is 0 Å². The number of likely N-dealkylation sites (N-methyl/N-ethyl adjacent to an activating group) is 1. The minimum Gasteiger partial charge on any atom is -0.371 e. The number of hydrogen-bond acceptors (Lipinski definition) is 3. The number of carbonyl (C=O) groups is 1. The molecule has 114 valence electrons. The van der Waals surface area contributed by atoms with Crippen molar-refractivity contribution in [2.75, 3.05) is 19.6 Å². The van der Waals surface area contributed by atoms with Gasteiger partial charge in [-0.05, 0) is 37.5 Å². The average Bonchev–Trinajstić information content (AvgIpc) is 2.68. The van der Waals surface area contributed by atoms with E-state index in [1.54, 1.807) is 6.08 Å². The van der Waals surface area contributed by atoms with Crippen LogP contribution in [0, 0.1) is 17.2 Å². The lowest BCUT2D eigenvalue weighted by Gasteiger charge is -2.26. The Morgan fingerprint density at radius 3 is 2.95 bits per heavy atom. The van der Waals surface area contributed by atoms with Crippen LogP contribution >= 0.6 is 0 Å². The van der Waals surface area contributed by atoms with E-state index in [1.807, 2.05) is 6.92 Å². The highest BCUT2D eigenvalue weighted by molar-refractivity contribution is 5.45. The quantitative estimate of drug-likeness (QED) is 0.699. The van der Waals surface area contributed by atoms with Crippen molar-refractivity contribution in [1.29, 1.82) is 5.26 Å². The Labute approximate surface area is 125 Å². The van der Waals surface area contributed by atoms with E-state index in [-0.39, 0.29) is 5.83 Å². The summed E-state index contributed by atoms with van der Waals surface area (Å²) in [5.41, 5.74) is 1.37. The lowest BCUT2D eigenvalue weighted by Crippen LogP contribution is -2.28. The zero-order valence-electron chi connectivity index (χ0n) is 12.6. The lowest BCUT2D eigenvalue weighted by atomic mass is 10.1. The Kier molecular flexibility index (Phi) is 7.24. The van der Waals surface area contributed by atoms with Gasteiger partial charge in [0.1, 0.15) is 5.83 Å². The van der Waals surface area contributed by atoms with Gasteiger partial charge in [0.05, 0.1) is 17.3 Å². The largest absolute Gasteiger partial charge is 0.371 e. The molecular weight excluding hydrogens is 269 g/mol. The number of allylic oxidation sites excluding steroid dienone is 5. The summed E-state index contributed by atoms with van der Waals surface area (Å²) in [7, 11) is 0. The predicted octanol–water partition coefficient (Wildman–Crippen LogP) is 2.67. The van der Waals surface area contributed by atoms with Crippen molar-refractivity contribution in [3.8, 4) is 6.07 Å². The maximum Gasteiger partial charge on any atom is 0.207 e. The first-order valence-corrected chi connectivity index (χ1v) is 7.21. The van der Waals surface area contributed by atoms with E-state index in [0.717, 1.165) is 25.2 Å². The second-order valence-electron chi connectivity index (χ2n) is 5.10. The third-order valence-corrected chi connectivity index (χ3v) is 3.51. The second kappa shape index (κ2) is 8.96. The summed E-state index contributed by atoms with van der Waals surface area (Å²) >= 11 is 0. The normalized spacial score (nSPS) is 15.8. The Bertz CT molecular complexity index is 488. The molecule has 0 aromatic heterocycles. The van der Waals surface area contributed by atoms with E-state index in [9.17, 15) is 14.4 Å². The van der Waals surface area contributed by atoms with Crippen LogP contribution < -0.4 is 5.32 Å². The molecule has 1 rings (SSSR count). The number of amides is 1. The molecule has 0 aromatic carbocycles. The van der Waals surface area contributed by atoms with Crippen LogP contribution in [0.4, 0.5) is 4.39 Å². The summed E-state index contributed by atoms with van der Waals surface area (Å²) in [4.78, 5) is 12.4. The van der Waals surface area contributed by atoms with Gasteiger partial charge in [0, 0.05) is 26.1 Å². The van der Waals surface area contributed by atoms with Gasteiger partial charge in [-0.15, -0.1) is 0 Å². The molecule has 21 heavy (non-hydrogen) atoms. The fraction of sp³-hybridized carbons (Fsp3) is 0.500. The molecule has 0 fully saturated rings. The van der Waals surface area contributed by atoms with Crippen molar-refractivity contribution in [3.63, 3.8) is 0 Å². The number of nitrogens with one attached hydrogen (secondary N) is 1. The highest BCUT2D eigenvalue weighted by Crippen LogP contribution is 2.22. The molecule has 0 radical (unpaired) electrons. The number of halogens is 1. The summed E-state index contributed by atoms with van der Waals surface area (Å²) in [6, 6.07) is 2.17. The lowest BCUT2D eigenvalue weighted by molar-refractivity contribution is -0.109. The predicted molar refractivity (Wildman–Crippen MR) is 80.7 cm³/mol. The third kappa shape index (κ3) is 5.42. The van der Waals surface area contributed by atoms with E-state index in [0.29, 0.717) is 30.9 Å². The molecule has 0 saturated heterocycles. The van der Waals surface area contributed by atoms with Crippen molar-refractivity contribution in [3.05, 3.63) is 35.3 Å². The van der Waals surface area contributed by atoms with Crippen LogP contribution in [0.1, 0.15) is 26.7 Å². The Morgan fingerprint density at radius 1 is 1.57 bits per heavy atom. The van der Waals surface area contributed by atoms with Gasteiger partial charge in [-0.2, -0.15) is 5.26 Å². The van der Waals surface area contributed by atoms with Gasteiger partial charge in [0.2, 0.25) is 6.41 Å². The SMILES string of the molecule is CCN(CCC(C)CNC=O)C1=C(C#N)CC=C(F)C=C1. The number of nitrogens with zero attached hydrogens (tertiary/aromatic N) is 2. The van der Waals surface area contributed by atoms with Gasteiger partial charge in [-0.1, -0.05) is 6.92 Å². The zero-order valence-corrected chi connectivity index (χ0v) is 12.6. The Morgan fingerprint density at radius 2 is 2.33 bits per heavy atom. The molecule has 1 aliphatic rings. The number of hydrogen-bond donors (Lipinski definition) is 1. The first-order valence-electron chi connectivity index (χ1n) is 7.21. The molecule has 0 bridgehead atoms. The van der Waals surface area contributed by atoms with Crippen LogP contribution in [-0.2, 0) is 4.79 Å². The van der Waals surface area contributed by atoms with Gasteiger partial charge < -0.3 is 10.2 Å². The summed E-state index contributed by atoms with van der Waals surface area (Å²) in [6.07, 6.45) is 6.42. The Balaban J connectivity index is 2.74. The van der Waals surface area contributed by atoms with Crippen molar-refractivity contribution in [2.45, 2.75) is 26.7 Å². The second-order valence-corrected chi connectivity index (χ2v) is 5.10. The van der Waals surface area contributed by atoms with E-state index in [4.69, 9.17) is 0 Å². The molecule has 0 saturated carbocycles. The van der Waals surface area contributed by atoms with Crippen molar-refractivity contribution >= 4 is 6.41 Å². The first-order chi connectivity index (χ1) is 10.1. The van der Waals surface area contributed by atoms with E-state index >= 15 is 0 Å². The molecular formula is C16H22FN3O. The molecule has 1 amide bonds. The summed E-state index contributed by atoms with van der Waals surface area (Å²) in [5.74, 6) is 0.0392. The molecule has 1 aliphatic carbocycles. The fourth-order valence-corrected chi connectivity index (χ4v) is 2.21. The molecule has 0 aliphatic heterocycles. The molecule has 1 atom stereocenters. The van der Waals surface area contributed by atoms with Crippen LogP contribution in [0.3, 0.4) is 0 Å². The average molecular weight is 291 g/mol. The Hall–Kier alpha value is -2.09. The minimum absolute atomic E-state index is 0.308. The van der Waals surface area contributed by atoms with E-state index in [1.165, 1.54) is 12.2 Å². The summed E-state index contributed by atoms with van der Waals surface area (Å²) < 4.78 is 13.3. The maximum atomic E-state index is 13.3. The van der Waals surface area contributed by atoms with Gasteiger partial charge in [0.25, 0.3) is 0 Å². The van der Waals surface area contributed by atoms with Crippen molar-refractivity contribution in [2.24, 2.45) is 5.92 Å². The molecule has 4 nitrogen and oxygen atoms in total. The molecule has 1 unspecified atom stereocenters. The number of carbonyl (C=O) groups excluding carboxylic acids is 1. The number of rotatable bonds is 8. The van der Waals surface area contributed by atoms with Crippen LogP contribution in [0.5, 0.6) is 0 Å². The monoisotopic (exact) mass is 291 g/mol. The van der Waals surface area contributed by atoms with Crippen LogP contribution in [0.15, 0.2) is 35.3 Å². The van der Waals surface area contributed by atoms with E-state index in [2.05, 4.69) is 23.2 Å². The summed E-state index contributed by atoms with van der Waals surface area (Å²) in [6.45, 7) is 6.23. The maximum absolute atomic E-state index is 13.3. The molecule has 0 aromatic rings. The van der Waals surface area contributed by atoms with Gasteiger partial charge in [-0.25, -0.2) is 4.39 Å². The standard InChI is InChI=1S/C16H22FN3O/c1-3-20(9-8-13(2)11-19-12-21)16-7-6-15(17)5-4-14(16)10-18/h5-7,12-13H,3-4,8-9,11H2,1-2H3,(H,19,21). The smallest absolute Gasteiger partial charge is 0.207 e. The summed E-state index contributed by atoms with van der Waals surface area (Å²) in [5, 5.41) is 11.9. The van der Waals surface area contributed by atoms with Crippen LogP contribution in [-0.4, -0.2) is 30.9 Å². The highest BCUT2D eigenvalue weighted by atomic mass is 19.1. The molecule has 1 N–H and O–H groups in total. The molecule has 0 spiro atoms. The van der Waals surface area contributed by atoms with Crippen molar-refractivity contribution < 1.29 is 9.18 Å². The third-order valence-electron chi connectivity index (χ3n) is 3.51. The van der Waals surface area contributed by atoms with Crippen LogP contribution in [0.25, 0.3) is 0 Å².